The van der Waals surface area contributed by atoms with Gasteiger partial charge in [0.05, 0.1) is 13.2 Å². The molecule has 0 bridgehead atoms. The second kappa shape index (κ2) is 11.2. The van der Waals surface area contributed by atoms with Gasteiger partial charge >= 0.3 is 0 Å². The van der Waals surface area contributed by atoms with E-state index in [9.17, 15) is 4.79 Å². The maximum atomic E-state index is 12.7. The molecule has 1 atom stereocenters. The quantitative estimate of drug-likeness (QED) is 0.418. The Balaban J connectivity index is 1.38. The van der Waals surface area contributed by atoms with E-state index < -0.39 is 0 Å². The van der Waals surface area contributed by atoms with Crippen LogP contribution in [0.2, 0.25) is 0 Å². The van der Waals surface area contributed by atoms with Crippen LogP contribution in [0.25, 0.3) is 0 Å². The SMILES string of the molecule is CN=C(NCCCc1ccc(OC)cc1)N1CCN(C(C)C(=O)N2CCCC2)CC1. The zero-order valence-corrected chi connectivity index (χ0v) is 18.8. The van der Waals surface area contributed by atoms with Crippen LogP contribution in [0, 0.1) is 0 Å². The van der Waals surface area contributed by atoms with Crippen molar-refractivity contribution in [1.82, 2.24) is 20.0 Å². The first-order chi connectivity index (χ1) is 14.6. The minimum atomic E-state index is -0.0234. The number of nitrogens with one attached hydrogen (secondary N) is 1. The van der Waals surface area contributed by atoms with Crippen LogP contribution >= 0.6 is 0 Å². The van der Waals surface area contributed by atoms with Crippen molar-refractivity contribution in [3.63, 3.8) is 0 Å². The average Bonchev–Trinajstić information content (AvgIpc) is 3.34. The molecule has 2 aliphatic heterocycles. The highest BCUT2D eigenvalue weighted by Gasteiger charge is 2.30. The summed E-state index contributed by atoms with van der Waals surface area (Å²) in [5.74, 6) is 2.15. The lowest BCUT2D eigenvalue weighted by molar-refractivity contribution is -0.135. The molecule has 1 amide bonds. The maximum absolute atomic E-state index is 12.7. The highest BCUT2D eigenvalue weighted by molar-refractivity contribution is 5.82. The Kier molecular flexibility index (Phi) is 8.37. The van der Waals surface area contributed by atoms with Crippen LogP contribution in [0.15, 0.2) is 29.3 Å². The number of aliphatic imine (C=N–C) groups is 1. The van der Waals surface area contributed by atoms with E-state index in [1.165, 1.54) is 5.56 Å². The lowest BCUT2D eigenvalue weighted by Gasteiger charge is -2.39. The molecule has 0 aliphatic carbocycles. The zero-order valence-electron chi connectivity index (χ0n) is 18.8. The Hall–Kier alpha value is -2.28. The van der Waals surface area contributed by atoms with Crippen LogP contribution in [0.1, 0.15) is 31.7 Å². The Morgan fingerprint density at radius 1 is 1.07 bits per heavy atom. The number of benzene rings is 1. The molecule has 1 N–H and O–H groups in total. The highest BCUT2D eigenvalue weighted by Crippen LogP contribution is 2.14. The number of hydrogen-bond donors (Lipinski definition) is 1. The van der Waals surface area contributed by atoms with Crippen molar-refractivity contribution in [3.8, 4) is 5.75 Å². The number of carbonyl (C=O) groups is 1. The van der Waals surface area contributed by atoms with Crippen molar-refractivity contribution in [3.05, 3.63) is 29.8 Å². The maximum Gasteiger partial charge on any atom is 0.239 e. The van der Waals surface area contributed by atoms with Crippen molar-refractivity contribution in [2.45, 2.75) is 38.6 Å². The fourth-order valence-corrected chi connectivity index (χ4v) is 4.30. The molecule has 0 saturated carbocycles. The van der Waals surface area contributed by atoms with E-state index >= 15 is 0 Å². The van der Waals surface area contributed by atoms with Gasteiger partial charge in [-0.1, -0.05) is 12.1 Å². The monoisotopic (exact) mass is 415 g/mol. The van der Waals surface area contributed by atoms with Gasteiger partial charge in [-0.2, -0.15) is 0 Å². The second-order valence-corrected chi connectivity index (χ2v) is 8.16. The number of ether oxygens (including phenoxy) is 1. The molecule has 7 nitrogen and oxygen atoms in total. The molecule has 30 heavy (non-hydrogen) atoms. The zero-order chi connectivity index (χ0) is 21.3. The van der Waals surface area contributed by atoms with E-state index in [2.05, 4.69) is 39.2 Å². The van der Waals surface area contributed by atoms with Crippen LogP contribution in [0.4, 0.5) is 0 Å². The van der Waals surface area contributed by atoms with Crippen molar-refractivity contribution >= 4 is 11.9 Å². The Labute approximate surface area is 181 Å². The number of piperazine rings is 1. The summed E-state index contributed by atoms with van der Waals surface area (Å²) in [7, 11) is 3.54. The summed E-state index contributed by atoms with van der Waals surface area (Å²) in [6.45, 7) is 8.39. The van der Waals surface area contributed by atoms with E-state index in [0.717, 1.165) is 83.2 Å². The van der Waals surface area contributed by atoms with Gasteiger partial charge in [-0.15, -0.1) is 0 Å². The molecule has 2 heterocycles. The summed E-state index contributed by atoms with van der Waals surface area (Å²) in [5, 5.41) is 3.50. The summed E-state index contributed by atoms with van der Waals surface area (Å²) in [6.07, 6.45) is 4.37. The Morgan fingerprint density at radius 3 is 2.33 bits per heavy atom. The predicted molar refractivity (Wildman–Crippen MR) is 121 cm³/mol. The number of amides is 1. The van der Waals surface area contributed by atoms with Gasteiger partial charge in [0.1, 0.15) is 5.75 Å². The molecule has 3 rings (SSSR count). The number of hydrogen-bond acceptors (Lipinski definition) is 4. The van der Waals surface area contributed by atoms with Crippen LogP contribution in [-0.2, 0) is 11.2 Å². The lowest BCUT2D eigenvalue weighted by atomic mass is 10.1. The smallest absolute Gasteiger partial charge is 0.239 e. The standard InChI is InChI=1S/C23H37N5O2/c1-19(22(29)27-13-4-5-14-27)26-15-17-28(18-16-26)23(24-2)25-12-6-7-20-8-10-21(30-3)11-9-20/h8-11,19H,4-7,12-18H2,1-3H3,(H,24,25). The van der Waals surface area contributed by atoms with E-state index in [-0.39, 0.29) is 6.04 Å². The van der Waals surface area contributed by atoms with E-state index in [1.807, 2.05) is 24.1 Å². The number of guanidine groups is 1. The molecule has 1 aromatic carbocycles. The first-order valence-electron chi connectivity index (χ1n) is 11.2. The molecular formula is C23H37N5O2. The number of methoxy groups -OCH3 is 1. The molecule has 166 valence electrons. The van der Waals surface area contributed by atoms with Crippen LogP contribution < -0.4 is 10.1 Å². The minimum Gasteiger partial charge on any atom is -0.497 e. The molecular weight excluding hydrogens is 378 g/mol. The number of nitrogens with zero attached hydrogens (tertiary/aromatic N) is 4. The molecule has 1 aromatic rings. The second-order valence-electron chi connectivity index (χ2n) is 8.16. The normalized spacial score (nSPS) is 19.1. The van der Waals surface area contributed by atoms with Crippen LogP contribution in [0.5, 0.6) is 5.75 Å². The topological polar surface area (TPSA) is 60.4 Å². The molecule has 2 aliphatic rings. The average molecular weight is 416 g/mol. The predicted octanol–water partition coefficient (Wildman–Crippen LogP) is 1.83. The number of rotatable bonds is 7. The molecule has 0 radical (unpaired) electrons. The Morgan fingerprint density at radius 2 is 1.73 bits per heavy atom. The fourth-order valence-electron chi connectivity index (χ4n) is 4.30. The number of likely N-dealkylation sites (tertiary alicyclic amines) is 1. The van der Waals surface area contributed by atoms with Crippen LogP contribution in [-0.4, -0.2) is 92.6 Å². The van der Waals surface area contributed by atoms with Gasteiger partial charge in [-0.05, 0) is 50.3 Å². The molecule has 2 saturated heterocycles. The van der Waals surface area contributed by atoms with Gasteiger partial charge in [0, 0.05) is 52.9 Å². The van der Waals surface area contributed by atoms with Crippen molar-refractivity contribution in [2.75, 3.05) is 60.0 Å². The van der Waals surface area contributed by atoms with E-state index in [4.69, 9.17) is 4.74 Å². The summed E-state index contributed by atoms with van der Waals surface area (Å²) < 4.78 is 5.21. The van der Waals surface area contributed by atoms with E-state index in [1.54, 1.807) is 7.11 Å². The summed E-state index contributed by atoms with van der Waals surface area (Å²) in [5.41, 5.74) is 1.32. The summed E-state index contributed by atoms with van der Waals surface area (Å²) in [4.78, 5) is 23.8. The first kappa shape index (κ1) is 22.4. The summed E-state index contributed by atoms with van der Waals surface area (Å²) in [6, 6.07) is 8.24. The van der Waals surface area contributed by atoms with Crippen molar-refractivity contribution in [1.29, 1.82) is 0 Å². The molecule has 2 fully saturated rings. The van der Waals surface area contributed by atoms with Crippen LogP contribution in [0.3, 0.4) is 0 Å². The fraction of sp³-hybridized carbons (Fsp3) is 0.652. The minimum absolute atomic E-state index is 0.0234. The molecule has 0 aromatic heterocycles. The van der Waals surface area contributed by atoms with Gasteiger partial charge in [0.2, 0.25) is 5.91 Å². The van der Waals surface area contributed by atoms with Crippen molar-refractivity contribution < 1.29 is 9.53 Å². The molecule has 7 heteroatoms. The third kappa shape index (κ3) is 5.88. The highest BCUT2D eigenvalue weighted by atomic mass is 16.5. The molecule has 0 spiro atoms. The van der Waals surface area contributed by atoms with Crippen molar-refractivity contribution in [2.24, 2.45) is 4.99 Å². The number of carbonyl (C=O) groups excluding carboxylic acids is 1. The summed E-state index contributed by atoms with van der Waals surface area (Å²) >= 11 is 0. The largest absolute Gasteiger partial charge is 0.497 e. The lowest BCUT2D eigenvalue weighted by Crippen LogP contribution is -2.57. The van der Waals surface area contributed by atoms with Gasteiger partial charge in [0.25, 0.3) is 0 Å². The Bertz CT molecular complexity index is 692. The van der Waals surface area contributed by atoms with Gasteiger partial charge in [-0.25, -0.2) is 0 Å². The third-order valence-corrected chi connectivity index (χ3v) is 6.23. The van der Waals surface area contributed by atoms with Gasteiger partial charge in [0.15, 0.2) is 5.96 Å². The van der Waals surface area contributed by atoms with Gasteiger partial charge in [-0.3, -0.25) is 14.7 Å². The third-order valence-electron chi connectivity index (χ3n) is 6.23. The van der Waals surface area contributed by atoms with Gasteiger partial charge < -0.3 is 19.9 Å². The number of aryl methyl sites for hydroxylation is 1. The molecule has 1 unspecified atom stereocenters. The van der Waals surface area contributed by atoms with E-state index in [0.29, 0.717) is 5.91 Å². The first-order valence-corrected chi connectivity index (χ1v) is 11.2.